The predicted molar refractivity (Wildman–Crippen MR) is 70.8 cm³/mol. The highest BCUT2D eigenvalue weighted by atomic mass is 19.2. The average Bonchev–Trinajstić information content (AvgIpc) is 2.72. The minimum Gasteiger partial charge on any atom is -0.311 e. The first kappa shape index (κ1) is 13.0. The van der Waals surface area contributed by atoms with Crippen LogP contribution in [0.15, 0.2) is 18.2 Å². The second kappa shape index (κ2) is 5.17. The van der Waals surface area contributed by atoms with Gasteiger partial charge in [-0.1, -0.05) is 6.07 Å². The van der Waals surface area contributed by atoms with Crippen LogP contribution in [0, 0.1) is 11.6 Å². The molecule has 4 heteroatoms. The van der Waals surface area contributed by atoms with Gasteiger partial charge in [-0.25, -0.2) is 8.78 Å². The Bertz CT molecular complexity index is 451. The van der Waals surface area contributed by atoms with Crippen molar-refractivity contribution in [3.8, 4) is 0 Å². The SMILES string of the molecule is CN(Cc1ccc(F)c(F)c1)C1CC2CCC(C1)N2. The molecule has 104 valence electrons. The highest BCUT2D eigenvalue weighted by Gasteiger charge is 2.34. The van der Waals surface area contributed by atoms with Gasteiger partial charge in [0.05, 0.1) is 0 Å². The first-order valence-corrected chi connectivity index (χ1v) is 7.02. The molecule has 2 bridgehead atoms. The van der Waals surface area contributed by atoms with Crippen molar-refractivity contribution in [1.82, 2.24) is 10.2 Å². The van der Waals surface area contributed by atoms with E-state index in [1.807, 2.05) is 0 Å². The second-order valence-electron chi connectivity index (χ2n) is 5.93. The molecule has 3 rings (SSSR count). The third-order valence-electron chi connectivity index (χ3n) is 4.49. The lowest BCUT2D eigenvalue weighted by Gasteiger charge is -2.35. The van der Waals surface area contributed by atoms with E-state index < -0.39 is 11.6 Å². The summed E-state index contributed by atoms with van der Waals surface area (Å²) < 4.78 is 26.1. The zero-order valence-corrected chi connectivity index (χ0v) is 11.2. The van der Waals surface area contributed by atoms with Crippen molar-refractivity contribution < 1.29 is 8.78 Å². The summed E-state index contributed by atoms with van der Waals surface area (Å²) in [6.45, 7) is 0.682. The summed E-state index contributed by atoms with van der Waals surface area (Å²) in [6.07, 6.45) is 4.88. The van der Waals surface area contributed by atoms with Gasteiger partial charge in [0.25, 0.3) is 0 Å². The quantitative estimate of drug-likeness (QED) is 0.905. The van der Waals surface area contributed by atoms with E-state index in [1.165, 1.54) is 25.0 Å². The van der Waals surface area contributed by atoms with Crippen LogP contribution in [0.1, 0.15) is 31.2 Å². The van der Waals surface area contributed by atoms with Gasteiger partial charge < -0.3 is 5.32 Å². The molecule has 0 radical (unpaired) electrons. The van der Waals surface area contributed by atoms with Crippen LogP contribution in [-0.2, 0) is 6.54 Å². The lowest BCUT2D eigenvalue weighted by atomic mass is 9.98. The van der Waals surface area contributed by atoms with Crippen LogP contribution in [0.5, 0.6) is 0 Å². The maximum Gasteiger partial charge on any atom is 0.159 e. The zero-order chi connectivity index (χ0) is 13.4. The van der Waals surface area contributed by atoms with E-state index in [2.05, 4.69) is 17.3 Å². The Morgan fingerprint density at radius 3 is 2.47 bits per heavy atom. The molecule has 19 heavy (non-hydrogen) atoms. The summed E-state index contributed by atoms with van der Waals surface area (Å²) in [4.78, 5) is 2.28. The summed E-state index contributed by atoms with van der Waals surface area (Å²) >= 11 is 0. The van der Waals surface area contributed by atoms with Gasteiger partial charge in [-0.2, -0.15) is 0 Å². The molecule has 0 aliphatic carbocycles. The van der Waals surface area contributed by atoms with Gasteiger partial charge in [0.1, 0.15) is 0 Å². The Balaban J connectivity index is 1.64. The Labute approximate surface area is 112 Å². The number of nitrogens with one attached hydrogen (secondary N) is 1. The Hall–Kier alpha value is -1.00. The molecule has 0 spiro atoms. The average molecular weight is 266 g/mol. The molecule has 1 N–H and O–H groups in total. The number of halogens is 2. The van der Waals surface area contributed by atoms with E-state index in [-0.39, 0.29) is 0 Å². The van der Waals surface area contributed by atoms with Crippen molar-refractivity contribution in [3.63, 3.8) is 0 Å². The topological polar surface area (TPSA) is 15.3 Å². The van der Waals surface area contributed by atoms with Crippen LogP contribution in [0.2, 0.25) is 0 Å². The Kier molecular flexibility index (Phi) is 3.54. The highest BCUT2D eigenvalue weighted by molar-refractivity contribution is 5.17. The van der Waals surface area contributed by atoms with Gasteiger partial charge in [-0.3, -0.25) is 4.90 Å². The number of piperidine rings is 1. The molecule has 1 aromatic carbocycles. The van der Waals surface area contributed by atoms with E-state index in [1.54, 1.807) is 6.07 Å². The zero-order valence-electron chi connectivity index (χ0n) is 11.2. The van der Waals surface area contributed by atoms with Crippen molar-refractivity contribution in [1.29, 1.82) is 0 Å². The van der Waals surface area contributed by atoms with E-state index in [0.717, 1.165) is 18.4 Å². The van der Waals surface area contributed by atoms with Crippen molar-refractivity contribution >= 4 is 0 Å². The van der Waals surface area contributed by atoms with Crippen LogP contribution >= 0.6 is 0 Å². The highest BCUT2D eigenvalue weighted by Crippen LogP contribution is 2.29. The molecule has 2 heterocycles. The molecule has 2 aliphatic rings. The van der Waals surface area contributed by atoms with Crippen LogP contribution in [0.4, 0.5) is 8.78 Å². The summed E-state index contributed by atoms with van der Waals surface area (Å²) in [5.74, 6) is -1.53. The lowest BCUT2D eigenvalue weighted by Crippen LogP contribution is -2.46. The molecule has 0 saturated carbocycles. The predicted octanol–water partition coefficient (Wildman–Crippen LogP) is 2.68. The van der Waals surface area contributed by atoms with E-state index in [0.29, 0.717) is 24.7 Å². The van der Waals surface area contributed by atoms with Gasteiger partial charge in [0.15, 0.2) is 11.6 Å². The molecule has 2 fully saturated rings. The maximum atomic E-state index is 13.2. The standard InChI is InChI=1S/C15H20F2N2/c1-19(9-10-2-5-14(16)15(17)6-10)13-7-11-3-4-12(8-13)18-11/h2,5-6,11-13,18H,3-4,7-9H2,1H3. The van der Waals surface area contributed by atoms with Crippen LogP contribution in [0.25, 0.3) is 0 Å². The van der Waals surface area contributed by atoms with Gasteiger partial charge in [-0.05, 0) is 50.4 Å². The smallest absolute Gasteiger partial charge is 0.159 e. The van der Waals surface area contributed by atoms with Gasteiger partial charge in [-0.15, -0.1) is 0 Å². The number of benzene rings is 1. The lowest BCUT2D eigenvalue weighted by molar-refractivity contribution is 0.165. The molecule has 0 amide bonds. The fourth-order valence-electron chi connectivity index (χ4n) is 3.44. The Morgan fingerprint density at radius 2 is 1.84 bits per heavy atom. The van der Waals surface area contributed by atoms with Crippen molar-refractivity contribution in [2.24, 2.45) is 0 Å². The van der Waals surface area contributed by atoms with Gasteiger partial charge in [0, 0.05) is 24.7 Å². The van der Waals surface area contributed by atoms with Crippen molar-refractivity contribution in [2.45, 2.75) is 50.4 Å². The fourth-order valence-corrected chi connectivity index (χ4v) is 3.44. The number of fused-ring (bicyclic) bond motifs is 2. The minimum absolute atomic E-state index is 0.548. The number of hydrogen-bond donors (Lipinski definition) is 1. The monoisotopic (exact) mass is 266 g/mol. The molecule has 2 nitrogen and oxygen atoms in total. The van der Waals surface area contributed by atoms with E-state index >= 15 is 0 Å². The third-order valence-corrected chi connectivity index (χ3v) is 4.49. The first-order chi connectivity index (χ1) is 9.11. The summed E-state index contributed by atoms with van der Waals surface area (Å²) in [5.41, 5.74) is 0.840. The molecule has 2 aliphatic heterocycles. The summed E-state index contributed by atoms with van der Waals surface area (Å²) in [6, 6.07) is 6.04. The number of hydrogen-bond acceptors (Lipinski definition) is 2. The minimum atomic E-state index is -0.772. The Morgan fingerprint density at radius 1 is 1.16 bits per heavy atom. The van der Waals surface area contributed by atoms with Crippen LogP contribution < -0.4 is 5.32 Å². The molecule has 0 aromatic heterocycles. The molecule has 2 atom stereocenters. The summed E-state index contributed by atoms with van der Waals surface area (Å²) in [7, 11) is 2.08. The van der Waals surface area contributed by atoms with Crippen molar-refractivity contribution in [2.75, 3.05) is 7.05 Å². The van der Waals surface area contributed by atoms with Gasteiger partial charge >= 0.3 is 0 Å². The van der Waals surface area contributed by atoms with Gasteiger partial charge in [0.2, 0.25) is 0 Å². The normalized spacial score (nSPS) is 30.0. The molecule has 2 saturated heterocycles. The van der Waals surface area contributed by atoms with E-state index in [4.69, 9.17) is 0 Å². The first-order valence-electron chi connectivity index (χ1n) is 7.02. The van der Waals surface area contributed by atoms with Crippen LogP contribution in [-0.4, -0.2) is 30.1 Å². The second-order valence-corrected chi connectivity index (χ2v) is 5.93. The maximum absolute atomic E-state index is 13.2. The van der Waals surface area contributed by atoms with Crippen molar-refractivity contribution in [3.05, 3.63) is 35.4 Å². The van der Waals surface area contributed by atoms with Crippen LogP contribution in [0.3, 0.4) is 0 Å². The molecular weight excluding hydrogens is 246 g/mol. The van der Waals surface area contributed by atoms with E-state index in [9.17, 15) is 8.78 Å². The third kappa shape index (κ3) is 2.79. The molecule has 1 aromatic rings. The molecule has 2 unspecified atom stereocenters. The largest absolute Gasteiger partial charge is 0.311 e. The molecular formula is C15H20F2N2. The number of nitrogens with zero attached hydrogens (tertiary/aromatic N) is 1. The summed E-state index contributed by atoms with van der Waals surface area (Å²) in [5, 5.41) is 3.62. The number of rotatable bonds is 3. The fraction of sp³-hybridized carbons (Fsp3) is 0.600.